The third-order valence-corrected chi connectivity index (χ3v) is 3.23. The summed E-state index contributed by atoms with van der Waals surface area (Å²) in [6.45, 7) is 3.63. The zero-order chi connectivity index (χ0) is 9.47. The molecule has 0 bridgehead atoms. The second-order valence-corrected chi connectivity index (χ2v) is 4.61. The molecular weight excluding hydrogens is 164 g/mol. The molecule has 1 saturated carbocycles. The maximum absolute atomic E-state index is 11.5. The smallest absolute Gasteiger partial charge is 0.222 e. The molecule has 1 aliphatic heterocycles. The molecule has 1 amide bonds. The molecule has 0 unspecified atom stereocenters. The average Bonchev–Trinajstić information content (AvgIpc) is 2.82. The zero-order valence-corrected chi connectivity index (χ0v) is 8.25. The van der Waals surface area contributed by atoms with E-state index in [2.05, 4.69) is 6.92 Å². The van der Waals surface area contributed by atoms with Crippen molar-refractivity contribution in [2.75, 3.05) is 13.1 Å². The summed E-state index contributed by atoms with van der Waals surface area (Å²) in [5.41, 5.74) is 5.91. The van der Waals surface area contributed by atoms with Crippen LogP contribution in [0.4, 0.5) is 0 Å². The number of amides is 1. The number of carbonyl (C=O) groups is 1. The van der Waals surface area contributed by atoms with Gasteiger partial charge in [0.1, 0.15) is 0 Å². The first-order valence-corrected chi connectivity index (χ1v) is 5.19. The minimum Gasteiger partial charge on any atom is -0.339 e. The van der Waals surface area contributed by atoms with Crippen LogP contribution in [0.2, 0.25) is 0 Å². The minimum absolute atomic E-state index is 0.0702. The lowest BCUT2D eigenvalue weighted by Crippen LogP contribution is -2.68. The third kappa shape index (κ3) is 1.85. The highest BCUT2D eigenvalue weighted by atomic mass is 16.2. The fraction of sp³-hybridized carbons (Fsp3) is 0.900. The van der Waals surface area contributed by atoms with Crippen molar-refractivity contribution in [1.29, 1.82) is 0 Å². The molecule has 1 heterocycles. The molecule has 3 heteroatoms. The van der Waals surface area contributed by atoms with Crippen LogP contribution in [-0.2, 0) is 4.79 Å². The first-order valence-electron chi connectivity index (χ1n) is 5.19. The van der Waals surface area contributed by atoms with Crippen LogP contribution in [0.15, 0.2) is 0 Å². The standard InChI is InChI=1S/C10H18N2O/c1-2-10(11)6-12(7-10)9(13)5-8-3-4-8/h8H,2-7,11H2,1H3. The molecule has 0 radical (unpaired) electrons. The Bertz CT molecular complexity index is 217. The largest absolute Gasteiger partial charge is 0.339 e. The molecule has 1 aliphatic carbocycles. The van der Waals surface area contributed by atoms with E-state index in [0.717, 1.165) is 25.9 Å². The number of nitrogens with zero attached hydrogens (tertiary/aromatic N) is 1. The van der Waals surface area contributed by atoms with Gasteiger partial charge in [0.2, 0.25) is 5.91 Å². The van der Waals surface area contributed by atoms with Crippen molar-refractivity contribution in [3.8, 4) is 0 Å². The van der Waals surface area contributed by atoms with Crippen LogP contribution in [0.1, 0.15) is 32.6 Å². The van der Waals surface area contributed by atoms with Gasteiger partial charge in [0.05, 0.1) is 5.54 Å². The van der Waals surface area contributed by atoms with Crippen molar-refractivity contribution in [3.63, 3.8) is 0 Å². The van der Waals surface area contributed by atoms with E-state index in [4.69, 9.17) is 5.73 Å². The fourth-order valence-corrected chi connectivity index (χ4v) is 1.81. The van der Waals surface area contributed by atoms with Gasteiger partial charge in [-0.1, -0.05) is 6.92 Å². The Hall–Kier alpha value is -0.570. The Kier molecular flexibility index (Phi) is 2.06. The number of rotatable bonds is 3. The van der Waals surface area contributed by atoms with Gasteiger partial charge in [-0.2, -0.15) is 0 Å². The first-order chi connectivity index (χ1) is 6.13. The SMILES string of the molecule is CCC1(N)CN(C(=O)CC2CC2)C1. The van der Waals surface area contributed by atoms with Crippen LogP contribution < -0.4 is 5.73 Å². The Morgan fingerprint density at radius 1 is 1.54 bits per heavy atom. The lowest BCUT2D eigenvalue weighted by molar-refractivity contribution is -0.139. The number of carbonyl (C=O) groups excluding carboxylic acids is 1. The lowest BCUT2D eigenvalue weighted by Gasteiger charge is -2.47. The van der Waals surface area contributed by atoms with E-state index >= 15 is 0 Å². The van der Waals surface area contributed by atoms with Crippen molar-refractivity contribution >= 4 is 5.91 Å². The Morgan fingerprint density at radius 2 is 2.15 bits per heavy atom. The van der Waals surface area contributed by atoms with Crippen molar-refractivity contribution < 1.29 is 4.79 Å². The molecule has 0 aromatic carbocycles. The van der Waals surface area contributed by atoms with E-state index in [9.17, 15) is 4.79 Å². The summed E-state index contributed by atoms with van der Waals surface area (Å²) in [4.78, 5) is 13.5. The molecule has 13 heavy (non-hydrogen) atoms. The monoisotopic (exact) mass is 182 g/mol. The molecule has 2 fully saturated rings. The van der Waals surface area contributed by atoms with E-state index < -0.39 is 0 Å². The van der Waals surface area contributed by atoms with Crippen LogP contribution >= 0.6 is 0 Å². The quantitative estimate of drug-likeness (QED) is 0.699. The second-order valence-electron chi connectivity index (χ2n) is 4.61. The molecule has 2 aliphatic rings. The molecule has 0 aromatic heterocycles. The van der Waals surface area contributed by atoms with E-state index in [1.807, 2.05) is 4.90 Å². The zero-order valence-electron chi connectivity index (χ0n) is 8.25. The van der Waals surface area contributed by atoms with Crippen LogP contribution in [0.25, 0.3) is 0 Å². The lowest BCUT2D eigenvalue weighted by atomic mass is 9.88. The van der Waals surface area contributed by atoms with Gasteiger partial charge < -0.3 is 10.6 Å². The van der Waals surface area contributed by atoms with Crippen molar-refractivity contribution in [3.05, 3.63) is 0 Å². The highest BCUT2D eigenvalue weighted by Crippen LogP contribution is 2.34. The van der Waals surface area contributed by atoms with E-state index in [0.29, 0.717) is 11.8 Å². The van der Waals surface area contributed by atoms with Gasteiger partial charge in [0.15, 0.2) is 0 Å². The highest BCUT2D eigenvalue weighted by molar-refractivity contribution is 5.78. The molecule has 0 spiro atoms. The number of likely N-dealkylation sites (tertiary alicyclic amines) is 1. The summed E-state index contributed by atoms with van der Waals surface area (Å²) in [5.74, 6) is 1.01. The van der Waals surface area contributed by atoms with Crippen LogP contribution in [0, 0.1) is 5.92 Å². The van der Waals surface area contributed by atoms with Crippen LogP contribution in [-0.4, -0.2) is 29.4 Å². The predicted octanol–water partition coefficient (Wildman–Crippen LogP) is 0.736. The second kappa shape index (κ2) is 2.98. The first kappa shape index (κ1) is 9.00. The Balaban J connectivity index is 1.75. The summed E-state index contributed by atoms with van der Waals surface area (Å²) in [6.07, 6.45) is 4.24. The van der Waals surface area contributed by atoms with Crippen LogP contribution in [0.5, 0.6) is 0 Å². The molecule has 3 nitrogen and oxygen atoms in total. The topological polar surface area (TPSA) is 46.3 Å². The van der Waals surface area contributed by atoms with Gasteiger partial charge in [-0.25, -0.2) is 0 Å². The molecule has 74 valence electrons. The third-order valence-electron chi connectivity index (χ3n) is 3.23. The highest BCUT2D eigenvalue weighted by Gasteiger charge is 2.41. The van der Waals surface area contributed by atoms with Gasteiger partial charge in [-0.3, -0.25) is 4.79 Å². The normalized spacial score (nSPS) is 25.5. The van der Waals surface area contributed by atoms with Crippen molar-refractivity contribution in [2.24, 2.45) is 11.7 Å². The van der Waals surface area contributed by atoms with Crippen molar-refractivity contribution in [2.45, 2.75) is 38.1 Å². The van der Waals surface area contributed by atoms with E-state index in [1.165, 1.54) is 12.8 Å². The van der Waals surface area contributed by atoms with Crippen molar-refractivity contribution in [1.82, 2.24) is 4.90 Å². The molecule has 2 rings (SSSR count). The summed E-state index contributed by atoms with van der Waals surface area (Å²) >= 11 is 0. The van der Waals surface area contributed by atoms with Crippen LogP contribution in [0.3, 0.4) is 0 Å². The summed E-state index contributed by atoms with van der Waals surface area (Å²) < 4.78 is 0. The van der Waals surface area contributed by atoms with Gasteiger partial charge >= 0.3 is 0 Å². The van der Waals surface area contributed by atoms with E-state index in [1.54, 1.807) is 0 Å². The molecular formula is C10H18N2O. The number of hydrogen-bond donors (Lipinski definition) is 1. The maximum atomic E-state index is 11.5. The van der Waals surface area contributed by atoms with Gasteiger partial charge in [0.25, 0.3) is 0 Å². The molecule has 2 N–H and O–H groups in total. The molecule has 1 saturated heterocycles. The van der Waals surface area contributed by atoms with E-state index in [-0.39, 0.29) is 5.54 Å². The maximum Gasteiger partial charge on any atom is 0.222 e. The Morgan fingerprint density at radius 3 is 2.62 bits per heavy atom. The summed E-state index contributed by atoms with van der Waals surface area (Å²) in [6, 6.07) is 0. The fourth-order valence-electron chi connectivity index (χ4n) is 1.81. The van der Waals surface area contributed by atoms with Gasteiger partial charge in [0, 0.05) is 19.5 Å². The Labute approximate surface area is 79.3 Å². The summed E-state index contributed by atoms with van der Waals surface area (Å²) in [5, 5.41) is 0. The molecule has 0 atom stereocenters. The molecule has 0 aromatic rings. The summed E-state index contributed by atoms with van der Waals surface area (Å²) in [7, 11) is 0. The number of hydrogen-bond acceptors (Lipinski definition) is 2. The average molecular weight is 182 g/mol. The predicted molar refractivity (Wildman–Crippen MR) is 51.1 cm³/mol. The van der Waals surface area contributed by atoms with Gasteiger partial charge in [-0.15, -0.1) is 0 Å². The minimum atomic E-state index is -0.0702. The van der Waals surface area contributed by atoms with Gasteiger partial charge in [-0.05, 0) is 25.2 Å². The number of nitrogens with two attached hydrogens (primary N) is 1.